The van der Waals surface area contributed by atoms with E-state index in [9.17, 15) is 9.59 Å². The second-order valence-electron chi connectivity index (χ2n) is 5.62. The average Bonchev–Trinajstić information content (AvgIpc) is 2.45. The smallest absolute Gasteiger partial charge is 0.226 e. The van der Waals surface area contributed by atoms with Crippen LogP contribution in [-0.4, -0.2) is 31.0 Å². The van der Waals surface area contributed by atoms with E-state index in [1.165, 1.54) is 0 Å². The highest BCUT2D eigenvalue weighted by molar-refractivity contribution is 5.84. The van der Waals surface area contributed by atoms with Crippen molar-refractivity contribution in [1.82, 2.24) is 5.32 Å². The van der Waals surface area contributed by atoms with Crippen LogP contribution in [0.3, 0.4) is 0 Å². The predicted octanol–water partition coefficient (Wildman–Crippen LogP) is 1.60. The van der Waals surface area contributed by atoms with E-state index < -0.39 is 11.5 Å². The maximum absolute atomic E-state index is 12.2. The number of aliphatic hydroxyl groups is 1. The normalized spacial score (nSPS) is 12.8. The lowest BCUT2D eigenvalue weighted by Gasteiger charge is -2.25. The molecular weight excluding hydrogens is 270 g/mol. The Kier molecular flexibility index (Phi) is 6.52. The summed E-state index contributed by atoms with van der Waals surface area (Å²) in [6, 6.07) is 6.63. The van der Waals surface area contributed by atoms with Gasteiger partial charge in [0.2, 0.25) is 5.91 Å². The molecule has 2 N–H and O–H groups in total. The predicted molar refractivity (Wildman–Crippen MR) is 79.6 cm³/mol. The zero-order chi connectivity index (χ0) is 15.9. The Morgan fingerprint density at radius 2 is 2.00 bits per heavy atom. The molecule has 116 valence electrons. The fourth-order valence-electron chi connectivity index (χ4n) is 1.91. The minimum atomic E-state index is -0.716. The molecular formula is C16H23NO4. The number of aldehydes is 1. The van der Waals surface area contributed by atoms with E-state index in [0.29, 0.717) is 19.3 Å². The third-order valence-corrected chi connectivity index (χ3v) is 3.42. The summed E-state index contributed by atoms with van der Waals surface area (Å²) in [6.07, 6.45) is 1.05. The van der Waals surface area contributed by atoms with Crippen LogP contribution in [0.2, 0.25) is 0 Å². The highest BCUT2D eigenvalue weighted by Crippen LogP contribution is 2.22. The summed E-state index contributed by atoms with van der Waals surface area (Å²) >= 11 is 0. The molecule has 5 heteroatoms. The van der Waals surface area contributed by atoms with E-state index in [1.807, 2.05) is 12.1 Å². The molecule has 0 aromatic heterocycles. The van der Waals surface area contributed by atoms with Crippen LogP contribution < -0.4 is 5.32 Å². The maximum Gasteiger partial charge on any atom is 0.226 e. The molecule has 0 aliphatic rings. The molecule has 1 aromatic carbocycles. The minimum absolute atomic E-state index is 0.0715. The van der Waals surface area contributed by atoms with Crippen LogP contribution in [0, 0.1) is 5.41 Å². The number of hydrogen-bond donors (Lipinski definition) is 2. The van der Waals surface area contributed by atoms with Gasteiger partial charge in [0.25, 0.3) is 0 Å². The average molecular weight is 293 g/mol. The SMILES string of the molecule is COCc1ccc(C(C=O)NC(=O)C(C)(C)CCO)cc1. The van der Waals surface area contributed by atoms with Gasteiger partial charge in [-0.15, -0.1) is 0 Å². The second kappa shape index (κ2) is 7.90. The van der Waals surface area contributed by atoms with Crippen LogP contribution in [0.25, 0.3) is 0 Å². The van der Waals surface area contributed by atoms with E-state index in [1.54, 1.807) is 33.1 Å². The Balaban J connectivity index is 2.79. The summed E-state index contributed by atoms with van der Waals surface area (Å²) in [5, 5.41) is 11.7. The number of aliphatic hydroxyl groups excluding tert-OH is 1. The van der Waals surface area contributed by atoms with Crippen molar-refractivity contribution in [1.29, 1.82) is 0 Å². The molecule has 1 atom stereocenters. The first-order valence-electron chi connectivity index (χ1n) is 6.89. The van der Waals surface area contributed by atoms with Gasteiger partial charge in [-0.3, -0.25) is 4.79 Å². The summed E-state index contributed by atoms with van der Waals surface area (Å²) in [5.74, 6) is -0.255. The number of carbonyl (C=O) groups excluding carboxylic acids is 2. The summed E-state index contributed by atoms with van der Waals surface area (Å²) in [5.41, 5.74) is 1.00. The fraction of sp³-hybridized carbons (Fsp3) is 0.500. The van der Waals surface area contributed by atoms with Crippen molar-refractivity contribution in [3.63, 3.8) is 0 Å². The molecule has 0 bridgehead atoms. The van der Waals surface area contributed by atoms with Crippen LogP contribution in [0.1, 0.15) is 37.4 Å². The van der Waals surface area contributed by atoms with Crippen LogP contribution in [0.5, 0.6) is 0 Å². The van der Waals surface area contributed by atoms with Gasteiger partial charge in [0.15, 0.2) is 0 Å². The van der Waals surface area contributed by atoms with E-state index in [-0.39, 0.29) is 12.5 Å². The monoisotopic (exact) mass is 293 g/mol. The van der Waals surface area contributed by atoms with Gasteiger partial charge in [0.05, 0.1) is 6.61 Å². The summed E-state index contributed by atoms with van der Waals surface area (Å²) < 4.78 is 5.03. The highest BCUT2D eigenvalue weighted by Gasteiger charge is 2.29. The van der Waals surface area contributed by atoms with Gasteiger partial charge in [-0.25, -0.2) is 0 Å². The van der Waals surface area contributed by atoms with Gasteiger partial charge in [-0.1, -0.05) is 38.1 Å². The first-order valence-corrected chi connectivity index (χ1v) is 6.89. The van der Waals surface area contributed by atoms with Gasteiger partial charge in [-0.05, 0) is 17.5 Å². The van der Waals surface area contributed by atoms with Crippen molar-refractivity contribution in [2.24, 2.45) is 5.41 Å². The van der Waals surface area contributed by atoms with Crippen LogP contribution >= 0.6 is 0 Å². The Hall–Kier alpha value is -1.72. The number of nitrogens with one attached hydrogen (secondary N) is 1. The first kappa shape index (κ1) is 17.3. The summed E-state index contributed by atoms with van der Waals surface area (Å²) in [7, 11) is 1.62. The van der Waals surface area contributed by atoms with Gasteiger partial charge < -0.3 is 20.0 Å². The van der Waals surface area contributed by atoms with Crippen molar-refractivity contribution in [3.05, 3.63) is 35.4 Å². The number of methoxy groups -OCH3 is 1. The topological polar surface area (TPSA) is 75.6 Å². The van der Waals surface area contributed by atoms with Crippen LogP contribution in [0.15, 0.2) is 24.3 Å². The lowest BCUT2D eigenvalue weighted by Crippen LogP contribution is -2.40. The van der Waals surface area contributed by atoms with Crippen molar-refractivity contribution in [2.45, 2.75) is 32.9 Å². The van der Waals surface area contributed by atoms with Crippen LogP contribution in [0.4, 0.5) is 0 Å². The Labute approximate surface area is 125 Å². The lowest BCUT2D eigenvalue weighted by atomic mass is 9.88. The van der Waals surface area contributed by atoms with Crippen molar-refractivity contribution in [3.8, 4) is 0 Å². The van der Waals surface area contributed by atoms with Gasteiger partial charge in [-0.2, -0.15) is 0 Å². The number of carbonyl (C=O) groups is 2. The van der Waals surface area contributed by atoms with Gasteiger partial charge in [0, 0.05) is 19.1 Å². The zero-order valence-corrected chi connectivity index (χ0v) is 12.8. The summed E-state index contributed by atoms with van der Waals surface area (Å²) in [6.45, 7) is 3.91. The highest BCUT2D eigenvalue weighted by atomic mass is 16.5. The third-order valence-electron chi connectivity index (χ3n) is 3.42. The standard InChI is InChI=1S/C16H23NO4/c1-16(2,8-9-18)15(20)17-14(10-19)13-6-4-12(5-7-13)11-21-3/h4-7,10,14,18H,8-9,11H2,1-3H3,(H,17,20). The molecule has 0 spiro atoms. The maximum atomic E-state index is 12.2. The number of hydrogen-bond acceptors (Lipinski definition) is 4. The molecule has 5 nitrogen and oxygen atoms in total. The molecule has 1 amide bonds. The van der Waals surface area contributed by atoms with Crippen LogP contribution in [-0.2, 0) is 20.9 Å². The molecule has 0 saturated heterocycles. The Bertz CT molecular complexity index is 468. The fourth-order valence-corrected chi connectivity index (χ4v) is 1.91. The van der Waals surface area contributed by atoms with Gasteiger partial charge in [0.1, 0.15) is 12.3 Å². The lowest BCUT2D eigenvalue weighted by molar-refractivity contribution is -0.132. The van der Waals surface area contributed by atoms with E-state index in [0.717, 1.165) is 11.1 Å². The molecule has 1 rings (SSSR count). The first-order chi connectivity index (χ1) is 9.94. The van der Waals surface area contributed by atoms with Crippen molar-refractivity contribution < 1.29 is 19.4 Å². The molecule has 0 heterocycles. The third kappa shape index (κ3) is 4.95. The molecule has 0 saturated carbocycles. The van der Waals surface area contributed by atoms with Crippen molar-refractivity contribution >= 4 is 12.2 Å². The molecule has 1 aromatic rings. The zero-order valence-electron chi connectivity index (χ0n) is 12.8. The Morgan fingerprint density at radius 1 is 1.38 bits per heavy atom. The quantitative estimate of drug-likeness (QED) is 0.714. The number of rotatable bonds is 8. The van der Waals surface area contributed by atoms with E-state index in [2.05, 4.69) is 5.32 Å². The van der Waals surface area contributed by atoms with E-state index >= 15 is 0 Å². The molecule has 0 radical (unpaired) electrons. The second-order valence-corrected chi connectivity index (χ2v) is 5.62. The Morgan fingerprint density at radius 3 is 2.48 bits per heavy atom. The van der Waals surface area contributed by atoms with E-state index in [4.69, 9.17) is 9.84 Å². The number of benzene rings is 1. The minimum Gasteiger partial charge on any atom is -0.396 e. The molecule has 21 heavy (non-hydrogen) atoms. The number of amides is 1. The summed E-state index contributed by atoms with van der Waals surface area (Å²) in [4.78, 5) is 23.4. The molecule has 0 aliphatic carbocycles. The molecule has 0 aliphatic heterocycles. The largest absolute Gasteiger partial charge is 0.396 e. The number of ether oxygens (including phenoxy) is 1. The van der Waals surface area contributed by atoms with Gasteiger partial charge >= 0.3 is 0 Å². The molecule has 0 fully saturated rings. The molecule has 1 unspecified atom stereocenters. The van der Waals surface area contributed by atoms with Crippen molar-refractivity contribution in [2.75, 3.05) is 13.7 Å².